The standard InChI is InChI=1S/C22H42N2O6Si2/c1-21(2,3)31(8,9)28-14-15-17(27-7)18(30-32(10,11)22(4,5)6)19(29-15)24-13-12-16(25)23-20(24)26/h12-13,15,17-19H,14H2,1-11H3,(H,23,25,26)/t15-,17+,18?,19-/m1/s1. The van der Waals surface area contributed by atoms with E-state index >= 15 is 0 Å². The molecular weight excluding hydrogens is 444 g/mol. The SMILES string of the molecule is CO[C@@H]1C(O[Si](C)(C)C(C)(C)C)[C@H](n2ccc(=O)[nH]c2=O)O[C@@H]1CO[Si](C)(C)C(C)(C)C. The molecule has 0 saturated carbocycles. The number of nitrogens with one attached hydrogen (secondary N) is 1. The van der Waals surface area contributed by atoms with Gasteiger partial charge in [0.2, 0.25) is 0 Å². The van der Waals surface area contributed by atoms with Crippen LogP contribution in [0.1, 0.15) is 47.8 Å². The third-order valence-corrected chi connectivity index (χ3v) is 16.3. The highest BCUT2D eigenvalue weighted by molar-refractivity contribution is 6.74. The fraction of sp³-hybridized carbons (Fsp3) is 0.818. The second-order valence-corrected chi connectivity index (χ2v) is 21.3. The van der Waals surface area contributed by atoms with Crippen LogP contribution in [0.25, 0.3) is 0 Å². The molecule has 2 heterocycles. The van der Waals surface area contributed by atoms with Crippen LogP contribution in [-0.4, -0.2) is 58.2 Å². The van der Waals surface area contributed by atoms with Crippen molar-refractivity contribution in [1.82, 2.24) is 9.55 Å². The zero-order chi connectivity index (χ0) is 24.7. The predicted octanol–water partition coefficient (Wildman–Crippen LogP) is 3.86. The minimum atomic E-state index is -2.23. The minimum Gasteiger partial charge on any atom is -0.414 e. The van der Waals surface area contributed by atoms with Crippen molar-refractivity contribution in [2.45, 2.75) is 102 Å². The fourth-order valence-electron chi connectivity index (χ4n) is 3.13. The quantitative estimate of drug-likeness (QED) is 0.589. The van der Waals surface area contributed by atoms with Crippen molar-refractivity contribution in [1.29, 1.82) is 0 Å². The number of hydrogen-bond acceptors (Lipinski definition) is 6. The highest BCUT2D eigenvalue weighted by atomic mass is 28.4. The number of ether oxygens (including phenoxy) is 2. The number of aromatic amines is 1. The summed E-state index contributed by atoms with van der Waals surface area (Å²) in [7, 11) is -2.61. The molecule has 0 aliphatic carbocycles. The Morgan fingerprint density at radius 3 is 2.03 bits per heavy atom. The number of aromatic nitrogens is 2. The average Bonchev–Trinajstić information content (AvgIpc) is 2.94. The summed E-state index contributed by atoms with van der Waals surface area (Å²) in [6.07, 6.45) is -0.619. The zero-order valence-corrected chi connectivity index (χ0v) is 23.6. The third-order valence-electron chi connectivity index (χ3n) is 7.33. The Morgan fingerprint density at radius 2 is 1.56 bits per heavy atom. The van der Waals surface area contributed by atoms with Gasteiger partial charge in [0.1, 0.15) is 18.3 Å². The lowest BCUT2D eigenvalue weighted by Crippen LogP contribution is -2.50. The predicted molar refractivity (Wildman–Crippen MR) is 131 cm³/mol. The van der Waals surface area contributed by atoms with Crippen molar-refractivity contribution in [2.24, 2.45) is 0 Å². The topological polar surface area (TPSA) is 91.8 Å². The van der Waals surface area contributed by atoms with E-state index in [1.165, 1.54) is 16.8 Å². The smallest absolute Gasteiger partial charge is 0.330 e. The molecule has 0 aromatic carbocycles. The van der Waals surface area contributed by atoms with E-state index in [-0.39, 0.29) is 10.1 Å². The third kappa shape index (κ3) is 5.71. The lowest BCUT2D eigenvalue weighted by atomic mass is 10.1. The van der Waals surface area contributed by atoms with Gasteiger partial charge in [0.05, 0.1) is 6.61 Å². The van der Waals surface area contributed by atoms with E-state index in [2.05, 4.69) is 72.7 Å². The molecule has 0 bridgehead atoms. The fourth-order valence-corrected chi connectivity index (χ4v) is 5.43. The van der Waals surface area contributed by atoms with E-state index < -0.39 is 52.4 Å². The molecule has 10 heteroatoms. The van der Waals surface area contributed by atoms with Crippen molar-refractivity contribution < 1.29 is 18.3 Å². The van der Waals surface area contributed by atoms with Crippen molar-refractivity contribution in [3.63, 3.8) is 0 Å². The summed E-state index contributed by atoms with van der Waals surface area (Å²) in [5.74, 6) is 0. The van der Waals surface area contributed by atoms with Gasteiger partial charge in [-0.05, 0) is 36.3 Å². The van der Waals surface area contributed by atoms with E-state index in [0.29, 0.717) is 6.61 Å². The molecule has 2 rings (SSSR count). The van der Waals surface area contributed by atoms with Crippen LogP contribution >= 0.6 is 0 Å². The van der Waals surface area contributed by atoms with Crippen LogP contribution in [0, 0.1) is 0 Å². The Labute approximate surface area is 193 Å². The number of H-pyrrole nitrogens is 1. The van der Waals surface area contributed by atoms with Crippen molar-refractivity contribution >= 4 is 16.6 Å². The maximum absolute atomic E-state index is 12.6. The second-order valence-electron chi connectivity index (χ2n) is 11.7. The van der Waals surface area contributed by atoms with Gasteiger partial charge in [-0.15, -0.1) is 0 Å². The van der Waals surface area contributed by atoms with Gasteiger partial charge in [-0.1, -0.05) is 41.5 Å². The van der Waals surface area contributed by atoms with E-state index in [4.69, 9.17) is 18.3 Å². The molecule has 1 aromatic rings. The van der Waals surface area contributed by atoms with E-state index in [9.17, 15) is 9.59 Å². The molecule has 1 aliphatic heterocycles. The first-order valence-corrected chi connectivity index (χ1v) is 17.0. The maximum atomic E-state index is 12.6. The van der Waals surface area contributed by atoms with Gasteiger partial charge in [-0.25, -0.2) is 4.79 Å². The zero-order valence-electron chi connectivity index (χ0n) is 21.6. The monoisotopic (exact) mass is 486 g/mol. The van der Waals surface area contributed by atoms with Gasteiger partial charge in [0.25, 0.3) is 5.56 Å². The molecule has 0 spiro atoms. The normalized spacial score (nSPS) is 25.3. The van der Waals surface area contributed by atoms with Crippen LogP contribution in [0.15, 0.2) is 21.9 Å². The van der Waals surface area contributed by atoms with Crippen LogP contribution in [0.5, 0.6) is 0 Å². The van der Waals surface area contributed by atoms with Crippen molar-refractivity contribution in [3.05, 3.63) is 33.1 Å². The average molecular weight is 487 g/mol. The van der Waals surface area contributed by atoms with Crippen LogP contribution < -0.4 is 11.2 Å². The van der Waals surface area contributed by atoms with E-state index in [1.807, 2.05) is 0 Å². The minimum absolute atomic E-state index is 0.0401. The summed E-state index contributed by atoms with van der Waals surface area (Å²) in [6, 6.07) is 1.31. The molecule has 1 aromatic heterocycles. The van der Waals surface area contributed by atoms with Crippen molar-refractivity contribution in [3.8, 4) is 0 Å². The van der Waals surface area contributed by atoms with Gasteiger partial charge in [-0.2, -0.15) is 0 Å². The highest BCUT2D eigenvalue weighted by Crippen LogP contribution is 2.43. The van der Waals surface area contributed by atoms with Crippen molar-refractivity contribution in [2.75, 3.05) is 13.7 Å². The molecule has 1 saturated heterocycles. The molecule has 8 nitrogen and oxygen atoms in total. The molecule has 32 heavy (non-hydrogen) atoms. The number of methoxy groups -OCH3 is 1. The van der Waals surface area contributed by atoms with Gasteiger partial charge in [0.15, 0.2) is 22.9 Å². The molecule has 0 amide bonds. The first-order chi connectivity index (χ1) is 14.4. The lowest BCUT2D eigenvalue weighted by molar-refractivity contribution is -0.0538. The highest BCUT2D eigenvalue weighted by Gasteiger charge is 2.52. The lowest BCUT2D eigenvalue weighted by Gasteiger charge is -2.40. The largest absolute Gasteiger partial charge is 0.414 e. The Hall–Kier alpha value is -1.05. The van der Waals surface area contributed by atoms with Gasteiger partial charge in [0, 0.05) is 19.4 Å². The molecule has 1 aliphatic rings. The van der Waals surface area contributed by atoms with E-state index in [1.54, 1.807) is 7.11 Å². The number of hydrogen-bond donors (Lipinski definition) is 1. The molecule has 1 unspecified atom stereocenters. The Balaban J connectivity index is 2.43. The van der Waals surface area contributed by atoms with Crippen LogP contribution in [0.4, 0.5) is 0 Å². The molecule has 1 fully saturated rings. The summed E-state index contributed by atoms with van der Waals surface area (Å²) in [6.45, 7) is 22.1. The Bertz CT molecular complexity index is 897. The summed E-state index contributed by atoms with van der Waals surface area (Å²) in [5, 5.41) is 0.0159. The number of nitrogens with zero attached hydrogens (tertiary/aromatic N) is 1. The molecule has 184 valence electrons. The maximum Gasteiger partial charge on any atom is 0.330 e. The number of rotatable bonds is 7. The van der Waals surface area contributed by atoms with E-state index in [0.717, 1.165) is 0 Å². The van der Waals surface area contributed by atoms with Crippen LogP contribution in [-0.2, 0) is 18.3 Å². The summed E-state index contributed by atoms with van der Waals surface area (Å²) in [4.78, 5) is 26.5. The van der Waals surface area contributed by atoms with Gasteiger partial charge < -0.3 is 18.3 Å². The van der Waals surface area contributed by atoms with Gasteiger partial charge >= 0.3 is 5.69 Å². The summed E-state index contributed by atoms with van der Waals surface area (Å²) < 4.78 is 26.8. The summed E-state index contributed by atoms with van der Waals surface area (Å²) >= 11 is 0. The van der Waals surface area contributed by atoms with Crippen LogP contribution in [0.3, 0.4) is 0 Å². The molecule has 0 radical (unpaired) electrons. The van der Waals surface area contributed by atoms with Crippen LogP contribution in [0.2, 0.25) is 36.3 Å². The molecule has 4 atom stereocenters. The summed E-state index contributed by atoms with van der Waals surface area (Å²) in [5.41, 5.74) is -0.987. The molecule has 1 N–H and O–H groups in total. The first-order valence-electron chi connectivity index (χ1n) is 11.2. The van der Waals surface area contributed by atoms with Gasteiger partial charge in [-0.3, -0.25) is 14.3 Å². The first kappa shape index (κ1) is 27.2. The Kier molecular flexibility index (Phi) is 7.91. The Morgan fingerprint density at radius 1 is 1.00 bits per heavy atom. The second kappa shape index (κ2) is 9.30. The molecular formula is C22H42N2O6Si2.